The molecular weight excluding hydrogens is 364 g/mol. The number of ether oxygens (including phenoxy) is 1. The van der Waals surface area contributed by atoms with Gasteiger partial charge in [0.15, 0.2) is 0 Å². The third-order valence-electron chi connectivity index (χ3n) is 5.67. The normalized spacial score (nSPS) is 20.1. The molecule has 0 radical (unpaired) electrons. The van der Waals surface area contributed by atoms with E-state index >= 15 is 0 Å². The number of amides is 1. The van der Waals surface area contributed by atoms with Gasteiger partial charge in [-0.2, -0.15) is 0 Å². The molecule has 4 heterocycles. The third kappa shape index (κ3) is 4.01. The maximum atomic E-state index is 12.8. The van der Waals surface area contributed by atoms with Gasteiger partial charge in [-0.3, -0.25) is 9.69 Å². The average molecular weight is 391 g/mol. The Kier molecular flexibility index (Phi) is 5.45. The Bertz CT molecular complexity index is 741. The molecule has 4 rings (SSSR count). The van der Waals surface area contributed by atoms with Crippen molar-refractivity contribution in [3.63, 3.8) is 0 Å². The summed E-state index contributed by atoms with van der Waals surface area (Å²) in [6.45, 7) is 7.33. The first-order valence-corrected chi connectivity index (χ1v) is 10.5. The van der Waals surface area contributed by atoms with Crippen molar-refractivity contribution in [3.8, 4) is 5.19 Å². The molecule has 8 heteroatoms. The van der Waals surface area contributed by atoms with Crippen LogP contribution < -0.4 is 4.74 Å². The van der Waals surface area contributed by atoms with Crippen molar-refractivity contribution in [3.05, 3.63) is 28.6 Å². The van der Waals surface area contributed by atoms with Crippen LogP contribution in [-0.2, 0) is 0 Å². The highest BCUT2D eigenvalue weighted by atomic mass is 32.1. The summed E-state index contributed by atoms with van der Waals surface area (Å²) < 4.78 is 11.1. The van der Waals surface area contributed by atoms with Gasteiger partial charge in [-0.15, -0.1) is 0 Å². The molecule has 2 aliphatic rings. The first-order valence-electron chi connectivity index (χ1n) is 9.64. The summed E-state index contributed by atoms with van der Waals surface area (Å²) in [6, 6.07) is 0.555. The van der Waals surface area contributed by atoms with Crippen molar-refractivity contribution < 1.29 is 14.1 Å². The number of hydrogen-bond donors (Lipinski definition) is 0. The van der Waals surface area contributed by atoms with E-state index in [1.165, 1.54) is 0 Å². The van der Waals surface area contributed by atoms with Gasteiger partial charge in [0, 0.05) is 43.8 Å². The van der Waals surface area contributed by atoms with Crippen LogP contribution in [0.4, 0.5) is 0 Å². The molecule has 0 N–H and O–H groups in total. The van der Waals surface area contributed by atoms with E-state index in [1.807, 2.05) is 17.2 Å². The first-order chi connectivity index (χ1) is 13.1. The molecule has 2 aromatic heterocycles. The Hall–Kier alpha value is -1.93. The van der Waals surface area contributed by atoms with Gasteiger partial charge in [-0.25, -0.2) is 4.98 Å². The monoisotopic (exact) mass is 390 g/mol. The number of rotatable bonds is 4. The van der Waals surface area contributed by atoms with Crippen molar-refractivity contribution in [1.82, 2.24) is 19.9 Å². The maximum absolute atomic E-state index is 12.8. The Morgan fingerprint density at radius 1 is 1.19 bits per heavy atom. The molecule has 146 valence electrons. The van der Waals surface area contributed by atoms with Crippen LogP contribution in [0.2, 0.25) is 0 Å². The zero-order valence-electron chi connectivity index (χ0n) is 15.9. The maximum Gasteiger partial charge on any atom is 0.273 e. The predicted molar refractivity (Wildman–Crippen MR) is 102 cm³/mol. The number of carbonyl (C=O) groups is 1. The zero-order valence-corrected chi connectivity index (χ0v) is 16.7. The lowest BCUT2D eigenvalue weighted by atomic mass is 9.98. The summed E-state index contributed by atoms with van der Waals surface area (Å²) >= 11 is 1.55. The molecule has 27 heavy (non-hydrogen) atoms. The molecule has 2 aliphatic heterocycles. The van der Waals surface area contributed by atoms with E-state index < -0.39 is 0 Å². The van der Waals surface area contributed by atoms with Crippen molar-refractivity contribution in [2.75, 3.05) is 26.2 Å². The molecule has 0 atom stereocenters. The minimum Gasteiger partial charge on any atom is -0.467 e. The van der Waals surface area contributed by atoms with Gasteiger partial charge in [-0.1, -0.05) is 16.5 Å². The fourth-order valence-electron chi connectivity index (χ4n) is 4.15. The minimum atomic E-state index is 0.0558. The van der Waals surface area contributed by atoms with Gasteiger partial charge < -0.3 is 14.2 Å². The van der Waals surface area contributed by atoms with Gasteiger partial charge in [0.1, 0.15) is 17.4 Å². The van der Waals surface area contributed by atoms with Crippen LogP contribution in [0.25, 0.3) is 0 Å². The molecule has 0 unspecified atom stereocenters. The molecule has 0 spiro atoms. The molecular formula is C19H26N4O3S. The molecule has 2 saturated heterocycles. The van der Waals surface area contributed by atoms with Gasteiger partial charge in [0.25, 0.3) is 11.1 Å². The van der Waals surface area contributed by atoms with Crippen LogP contribution in [0.3, 0.4) is 0 Å². The molecule has 0 aliphatic carbocycles. The number of nitrogens with zero attached hydrogens (tertiary/aromatic N) is 4. The lowest BCUT2D eigenvalue weighted by Crippen LogP contribution is -2.50. The highest BCUT2D eigenvalue weighted by Gasteiger charge is 2.32. The number of carbonyl (C=O) groups excluding carboxylic acids is 1. The number of thiazole rings is 1. The highest BCUT2D eigenvalue weighted by molar-refractivity contribution is 7.11. The zero-order chi connectivity index (χ0) is 18.8. The molecule has 1 amide bonds. The van der Waals surface area contributed by atoms with Crippen molar-refractivity contribution >= 4 is 17.2 Å². The summed E-state index contributed by atoms with van der Waals surface area (Å²) in [4.78, 5) is 21.5. The fourth-order valence-corrected chi connectivity index (χ4v) is 4.70. The van der Waals surface area contributed by atoms with E-state index in [0.29, 0.717) is 23.1 Å². The van der Waals surface area contributed by atoms with E-state index in [4.69, 9.17) is 9.26 Å². The van der Waals surface area contributed by atoms with Gasteiger partial charge in [0.05, 0.1) is 5.69 Å². The van der Waals surface area contributed by atoms with Gasteiger partial charge in [0.2, 0.25) is 0 Å². The third-order valence-corrected chi connectivity index (χ3v) is 6.33. The van der Waals surface area contributed by atoms with E-state index in [-0.39, 0.29) is 12.0 Å². The largest absolute Gasteiger partial charge is 0.467 e. The van der Waals surface area contributed by atoms with E-state index in [9.17, 15) is 4.79 Å². The summed E-state index contributed by atoms with van der Waals surface area (Å²) in [5.74, 6) is 0.669. The summed E-state index contributed by atoms with van der Waals surface area (Å²) in [7, 11) is 0. The average Bonchev–Trinajstić information content (AvgIpc) is 3.32. The molecule has 0 bridgehead atoms. The molecule has 0 aromatic carbocycles. The second-order valence-electron chi connectivity index (χ2n) is 7.37. The second kappa shape index (κ2) is 7.98. The number of aromatic nitrogens is 2. The fraction of sp³-hybridized carbons (Fsp3) is 0.632. The Morgan fingerprint density at radius 2 is 1.93 bits per heavy atom. The Morgan fingerprint density at radius 3 is 2.52 bits per heavy atom. The van der Waals surface area contributed by atoms with Crippen molar-refractivity contribution in [1.29, 1.82) is 0 Å². The number of aryl methyl sites for hydroxylation is 2. The van der Waals surface area contributed by atoms with Crippen LogP contribution in [-0.4, -0.2) is 64.2 Å². The number of piperidine rings is 2. The standard InChI is InChI=1S/C19H26N4O3S/c1-13-17(14(2)26-21-13)18(24)23-8-3-15(4-9-23)22-10-5-16(6-11-22)25-19-20-7-12-27-19/h7,12,15-16H,3-6,8-11H2,1-2H3. The second-order valence-corrected chi connectivity index (χ2v) is 8.23. The van der Waals surface area contributed by atoms with E-state index in [2.05, 4.69) is 15.0 Å². The molecule has 7 nitrogen and oxygen atoms in total. The van der Waals surface area contributed by atoms with Gasteiger partial charge in [-0.05, 0) is 39.5 Å². The summed E-state index contributed by atoms with van der Waals surface area (Å²) in [5.41, 5.74) is 1.32. The summed E-state index contributed by atoms with van der Waals surface area (Å²) in [5, 5.41) is 6.63. The Labute approximate surface area is 163 Å². The molecule has 2 fully saturated rings. The Balaban J connectivity index is 1.26. The van der Waals surface area contributed by atoms with Crippen LogP contribution in [0.15, 0.2) is 16.1 Å². The topological polar surface area (TPSA) is 71.7 Å². The quantitative estimate of drug-likeness (QED) is 0.799. The van der Waals surface area contributed by atoms with Crippen LogP contribution in [0.1, 0.15) is 47.5 Å². The summed E-state index contributed by atoms with van der Waals surface area (Å²) in [6.07, 6.45) is 6.18. The number of likely N-dealkylation sites (tertiary alicyclic amines) is 2. The SMILES string of the molecule is Cc1noc(C)c1C(=O)N1CCC(N2CCC(Oc3nccs3)CC2)CC1. The molecule has 2 aromatic rings. The number of hydrogen-bond acceptors (Lipinski definition) is 7. The van der Waals surface area contributed by atoms with Crippen LogP contribution in [0, 0.1) is 13.8 Å². The van der Waals surface area contributed by atoms with Crippen LogP contribution >= 0.6 is 11.3 Å². The lowest BCUT2D eigenvalue weighted by molar-refractivity contribution is 0.0424. The van der Waals surface area contributed by atoms with Crippen LogP contribution in [0.5, 0.6) is 5.19 Å². The van der Waals surface area contributed by atoms with Gasteiger partial charge >= 0.3 is 0 Å². The van der Waals surface area contributed by atoms with E-state index in [0.717, 1.165) is 57.1 Å². The highest BCUT2D eigenvalue weighted by Crippen LogP contribution is 2.26. The predicted octanol–water partition coefficient (Wildman–Crippen LogP) is 2.90. The minimum absolute atomic E-state index is 0.0558. The van der Waals surface area contributed by atoms with E-state index in [1.54, 1.807) is 24.5 Å². The lowest BCUT2D eigenvalue weighted by Gasteiger charge is -2.41. The van der Waals surface area contributed by atoms with Crippen molar-refractivity contribution in [2.24, 2.45) is 0 Å². The van der Waals surface area contributed by atoms with Crippen molar-refractivity contribution in [2.45, 2.75) is 51.7 Å². The molecule has 0 saturated carbocycles. The first kappa shape index (κ1) is 18.4. The smallest absolute Gasteiger partial charge is 0.273 e.